The summed E-state index contributed by atoms with van der Waals surface area (Å²) in [7, 11) is 0. The monoisotopic (exact) mass is 296 g/mol. The molecule has 112 valence electrons. The number of nitrogens with zero attached hydrogens (tertiary/aromatic N) is 1. The fourth-order valence-electron chi connectivity index (χ4n) is 2.58. The highest BCUT2D eigenvalue weighted by Crippen LogP contribution is 2.28. The number of hydrogen-bond donors (Lipinski definition) is 1. The molecule has 0 aromatic carbocycles. The van der Waals surface area contributed by atoms with Crippen molar-refractivity contribution in [1.82, 2.24) is 10.3 Å². The number of aromatic nitrogens is 1. The summed E-state index contributed by atoms with van der Waals surface area (Å²) in [6.07, 6.45) is 6.94. The maximum Gasteiger partial charge on any atom is 0.213 e. The summed E-state index contributed by atoms with van der Waals surface area (Å²) in [6.45, 7) is 7.25. The van der Waals surface area contributed by atoms with Crippen molar-refractivity contribution in [2.75, 3.05) is 0 Å². The van der Waals surface area contributed by atoms with Crippen molar-refractivity contribution in [3.63, 3.8) is 0 Å². The molecule has 0 bridgehead atoms. The number of rotatable bonds is 5. The molecule has 1 aliphatic rings. The quantitative estimate of drug-likeness (QED) is 0.884. The Morgan fingerprint density at radius 3 is 2.85 bits per heavy atom. The van der Waals surface area contributed by atoms with Crippen LogP contribution in [0.4, 0.5) is 0 Å². The van der Waals surface area contributed by atoms with E-state index in [1.807, 2.05) is 6.07 Å². The van der Waals surface area contributed by atoms with E-state index >= 15 is 0 Å². The van der Waals surface area contributed by atoms with Crippen LogP contribution in [-0.4, -0.2) is 17.1 Å². The Morgan fingerprint density at radius 1 is 1.40 bits per heavy atom. The van der Waals surface area contributed by atoms with Crippen LogP contribution in [0.15, 0.2) is 12.3 Å². The number of ether oxygens (including phenoxy) is 1. The van der Waals surface area contributed by atoms with Gasteiger partial charge in [0.25, 0.3) is 0 Å². The maximum atomic E-state index is 6.19. The van der Waals surface area contributed by atoms with Gasteiger partial charge < -0.3 is 10.1 Å². The Morgan fingerprint density at radius 2 is 2.15 bits per heavy atom. The van der Waals surface area contributed by atoms with E-state index in [4.69, 9.17) is 16.3 Å². The van der Waals surface area contributed by atoms with Gasteiger partial charge in [0.1, 0.15) is 6.10 Å². The zero-order valence-corrected chi connectivity index (χ0v) is 13.4. The molecule has 1 N–H and O–H groups in total. The van der Waals surface area contributed by atoms with Gasteiger partial charge in [-0.25, -0.2) is 4.98 Å². The summed E-state index contributed by atoms with van der Waals surface area (Å²) < 4.78 is 6.07. The Hall–Kier alpha value is -0.800. The second kappa shape index (κ2) is 7.28. The van der Waals surface area contributed by atoms with Crippen LogP contribution in [0.1, 0.15) is 52.0 Å². The van der Waals surface area contributed by atoms with E-state index in [9.17, 15) is 0 Å². The molecule has 0 spiro atoms. The van der Waals surface area contributed by atoms with E-state index in [1.54, 1.807) is 6.20 Å². The lowest BCUT2D eigenvalue weighted by atomic mass is 9.88. The highest BCUT2D eigenvalue weighted by molar-refractivity contribution is 6.31. The summed E-state index contributed by atoms with van der Waals surface area (Å²) in [6, 6.07) is 2.40. The van der Waals surface area contributed by atoms with Gasteiger partial charge in [0.15, 0.2) is 0 Å². The van der Waals surface area contributed by atoms with Crippen molar-refractivity contribution in [1.29, 1.82) is 0 Å². The molecule has 0 aliphatic heterocycles. The molecule has 2 atom stereocenters. The lowest BCUT2D eigenvalue weighted by Gasteiger charge is -2.29. The number of hydrogen-bond acceptors (Lipinski definition) is 3. The van der Waals surface area contributed by atoms with Gasteiger partial charge in [-0.2, -0.15) is 0 Å². The average molecular weight is 297 g/mol. The first kappa shape index (κ1) is 15.6. The molecular weight excluding hydrogens is 272 g/mol. The Bertz CT molecular complexity index is 436. The minimum atomic E-state index is 0.295. The molecule has 1 aromatic heterocycles. The van der Waals surface area contributed by atoms with Gasteiger partial charge in [-0.05, 0) is 30.7 Å². The second-order valence-corrected chi connectivity index (χ2v) is 6.47. The molecule has 20 heavy (non-hydrogen) atoms. The van der Waals surface area contributed by atoms with Gasteiger partial charge in [0.05, 0.1) is 5.02 Å². The van der Waals surface area contributed by atoms with Crippen LogP contribution < -0.4 is 10.1 Å². The molecule has 3 nitrogen and oxygen atoms in total. The van der Waals surface area contributed by atoms with Crippen LogP contribution in [0, 0.1) is 5.92 Å². The standard InChI is InChI=1S/C16H25ClN2O/c1-11(2)18-9-13-8-16(19-10-14(13)17)20-15-7-5-4-6-12(15)3/h8,10-12,15,18H,4-7,9H2,1-3H3. The van der Waals surface area contributed by atoms with Crippen molar-refractivity contribution in [2.24, 2.45) is 5.92 Å². The average Bonchev–Trinajstić information content (AvgIpc) is 2.42. The lowest BCUT2D eigenvalue weighted by Crippen LogP contribution is -2.28. The van der Waals surface area contributed by atoms with Crippen LogP contribution >= 0.6 is 11.6 Å². The minimum absolute atomic E-state index is 0.295. The van der Waals surface area contributed by atoms with Crippen LogP contribution in [0.2, 0.25) is 5.02 Å². The van der Waals surface area contributed by atoms with Crippen LogP contribution in [0.3, 0.4) is 0 Å². The van der Waals surface area contributed by atoms with E-state index in [2.05, 4.69) is 31.1 Å². The van der Waals surface area contributed by atoms with Crippen molar-refractivity contribution < 1.29 is 4.74 Å². The van der Waals surface area contributed by atoms with E-state index in [0.29, 0.717) is 29.0 Å². The van der Waals surface area contributed by atoms with Crippen molar-refractivity contribution in [3.8, 4) is 5.88 Å². The van der Waals surface area contributed by atoms with Gasteiger partial charge in [-0.3, -0.25) is 0 Å². The Kier molecular flexibility index (Phi) is 5.67. The predicted molar refractivity (Wildman–Crippen MR) is 83.3 cm³/mol. The largest absolute Gasteiger partial charge is 0.474 e. The number of halogens is 1. The van der Waals surface area contributed by atoms with Crippen molar-refractivity contribution in [3.05, 3.63) is 22.8 Å². The number of pyridine rings is 1. The molecule has 0 saturated heterocycles. The third kappa shape index (κ3) is 4.35. The molecule has 1 heterocycles. The summed E-state index contributed by atoms with van der Waals surface area (Å²) in [5.74, 6) is 1.31. The predicted octanol–water partition coefficient (Wildman–Crippen LogP) is 4.19. The Labute approximate surface area is 127 Å². The van der Waals surface area contributed by atoms with E-state index < -0.39 is 0 Å². The SMILES string of the molecule is CC(C)NCc1cc(OC2CCCCC2C)ncc1Cl. The maximum absolute atomic E-state index is 6.19. The third-order valence-corrected chi connectivity index (χ3v) is 4.26. The highest BCUT2D eigenvalue weighted by atomic mass is 35.5. The molecule has 2 unspecified atom stereocenters. The first-order chi connectivity index (χ1) is 9.56. The van der Waals surface area contributed by atoms with Gasteiger partial charge in [-0.15, -0.1) is 0 Å². The first-order valence-corrected chi connectivity index (χ1v) is 7.98. The third-order valence-electron chi connectivity index (χ3n) is 3.92. The second-order valence-electron chi connectivity index (χ2n) is 6.07. The normalized spacial score (nSPS) is 23.1. The summed E-state index contributed by atoms with van der Waals surface area (Å²) in [4.78, 5) is 4.31. The molecule has 1 aromatic rings. The molecule has 1 fully saturated rings. The number of nitrogens with one attached hydrogen (secondary N) is 1. The van der Waals surface area contributed by atoms with E-state index in [1.165, 1.54) is 19.3 Å². The van der Waals surface area contributed by atoms with Crippen LogP contribution in [0.25, 0.3) is 0 Å². The molecular formula is C16H25ClN2O. The minimum Gasteiger partial charge on any atom is -0.474 e. The Balaban J connectivity index is 2.02. The summed E-state index contributed by atoms with van der Waals surface area (Å²) in [5, 5.41) is 4.07. The molecule has 2 rings (SSSR count). The van der Waals surface area contributed by atoms with Gasteiger partial charge in [0, 0.05) is 24.8 Å². The molecule has 0 radical (unpaired) electrons. The van der Waals surface area contributed by atoms with Gasteiger partial charge >= 0.3 is 0 Å². The van der Waals surface area contributed by atoms with Gasteiger partial charge in [-0.1, -0.05) is 38.8 Å². The first-order valence-electron chi connectivity index (χ1n) is 7.60. The van der Waals surface area contributed by atoms with Crippen LogP contribution in [0.5, 0.6) is 5.88 Å². The molecule has 0 amide bonds. The molecule has 4 heteroatoms. The fraction of sp³-hybridized carbons (Fsp3) is 0.688. The van der Waals surface area contributed by atoms with E-state index in [-0.39, 0.29) is 0 Å². The highest BCUT2D eigenvalue weighted by Gasteiger charge is 2.23. The lowest BCUT2D eigenvalue weighted by molar-refractivity contribution is 0.0975. The van der Waals surface area contributed by atoms with Gasteiger partial charge in [0.2, 0.25) is 5.88 Å². The smallest absolute Gasteiger partial charge is 0.213 e. The topological polar surface area (TPSA) is 34.1 Å². The molecule has 1 aliphatic carbocycles. The van der Waals surface area contributed by atoms with Crippen LogP contribution in [-0.2, 0) is 6.54 Å². The summed E-state index contributed by atoms with van der Waals surface area (Å²) >= 11 is 6.19. The van der Waals surface area contributed by atoms with E-state index in [0.717, 1.165) is 18.5 Å². The zero-order chi connectivity index (χ0) is 14.5. The summed E-state index contributed by atoms with van der Waals surface area (Å²) in [5.41, 5.74) is 1.05. The zero-order valence-electron chi connectivity index (χ0n) is 12.7. The molecule has 1 saturated carbocycles. The van der Waals surface area contributed by atoms with Crippen molar-refractivity contribution in [2.45, 2.75) is 65.1 Å². The van der Waals surface area contributed by atoms with Crippen molar-refractivity contribution >= 4 is 11.6 Å². The fourth-order valence-corrected chi connectivity index (χ4v) is 2.76.